The van der Waals surface area contributed by atoms with Gasteiger partial charge >= 0.3 is 12.1 Å². The van der Waals surface area contributed by atoms with Crippen molar-refractivity contribution in [3.05, 3.63) is 59.7 Å². The minimum Gasteiger partial charge on any atom is -0.480 e. The minimum atomic E-state index is -1.21. The number of alkyl carbamates (subject to hydrolysis) is 1. The number of nitrogens with one attached hydrogen (secondary N) is 1. The van der Waals surface area contributed by atoms with Crippen molar-refractivity contribution in [3.63, 3.8) is 0 Å². The number of aliphatic hydroxyl groups is 1. The van der Waals surface area contributed by atoms with Gasteiger partial charge in [0, 0.05) is 18.9 Å². The summed E-state index contributed by atoms with van der Waals surface area (Å²) in [5.74, 6) is -1.71. The zero-order chi connectivity index (χ0) is 23.9. The predicted molar refractivity (Wildman–Crippen MR) is 123 cm³/mol. The number of benzene rings is 2. The number of β-amino-alcohol motifs (C(OH)–C–C–N with tert-alkyl or cyclic N) is 1. The van der Waals surface area contributed by atoms with E-state index in [0.29, 0.717) is 12.8 Å². The molecule has 1 heterocycles. The van der Waals surface area contributed by atoms with Gasteiger partial charge in [0.2, 0.25) is 5.91 Å². The number of hydrogen-bond donors (Lipinski definition) is 3. The molecule has 0 unspecified atom stereocenters. The van der Waals surface area contributed by atoms with Gasteiger partial charge < -0.3 is 25.2 Å². The van der Waals surface area contributed by atoms with E-state index < -0.39 is 35.7 Å². The fraction of sp³-hybridized carbons (Fsp3) is 0.423. The molecular formula is C26H28N2O6. The standard InChI is InChI=1S/C26H28N2O6/c29-16-13-22(23(30)31)28(14-16)24(32)26(11-5-6-12-26)27-25(33)34-15-21-19-9-3-1-7-17(19)18-8-2-4-10-20(18)21/h1-4,7-10,16,21-22,29H,5-6,11-15H2,(H,27,33)(H,30,31)/t16-,22+/m1/s1. The highest BCUT2D eigenvalue weighted by Gasteiger charge is 2.50. The molecule has 34 heavy (non-hydrogen) atoms. The third kappa shape index (κ3) is 3.81. The lowest BCUT2D eigenvalue weighted by Crippen LogP contribution is -2.60. The van der Waals surface area contributed by atoms with Crippen molar-refractivity contribution < 1.29 is 29.3 Å². The molecule has 1 saturated carbocycles. The zero-order valence-corrected chi connectivity index (χ0v) is 18.8. The van der Waals surface area contributed by atoms with E-state index in [1.165, 1.54) is 4.90 Å². The molecule has 0 aromatic heterocycles. The summed E-state index contributed by atoms with van der Waals surface area (Å²) >= 11 is 0. The fourth-order valence-corrected chi connectivity index (χ4v) is 5.75. The average Bonchev–Trinajstić information content (AvgIpc) is 3.54. The highest BCUT2D eigenvalue weighted by atomic mass is 16.5. The van der Waals surface area contributed by atoms with Gasteiger partial charge in [-0.15, -0.1) is 0 Å². The third-order valence-corrected chi connectivity index (χ3v) is 7.38. The van der Waals surface area contributed by atoms with Crippen LogP contribution in [0.1, 0.15) is 49.1 Å². The Bertz CT molecular complexity index is 1080. The molecule has 2 atom stereocenters. The molecule has 2 aromatic carbocycles. The van der Waals surface area contributed by atoms with E-state index in [4.69, 9.17) is 4.74 Å². The number of rotatable bonds is 5. The SMILES string of the molecule is O=C(NC1(C(=O)N2C[C@H](O)C[C@H]2C(=O)O)CCCC1)OCC1c2ccccc2-c2ccccc21. The molecular weight excluding hydrogens is 436 g/mol. The molecule has 8 heteroatoms. The van der Waals surface area contributed by atoms with E-state index in [9.17, 15) is 24.6 Å². The second kappa shape index (κ2) is 8.76. The number of ether oxygens (including phenoxy) is 1. The lowest BCUT2D eigenvalue weighted by molar-refractivity contribution is -0.151. The van der Waals surface area contributed by atoms with Crippen LogP contribution in [0, 0.1) is 0 Å². The largest absolute Gasteiger partial charge is 0.480 e. The van der Waals surface area contributed by atoms with Crippen LogP contribution >= 0.6 is 0 Å². The number of nitrogens with zero attached hydrogens (tertiary/aromatic N) is 1. The number of hydrogen-bond acceptors (Lipinski definition) is 5. The second-order valence-electron chi connectivity index (χ2n) is 9.44. The first-order valence-corrected chi connectivity index (χ1v) is 11.7. The highest BCUT2D eigenvalue weighted by molar-refractivity contribution is 5.93. The van der Waals surface area contributed by atoms with Gasteiger partial charge in [0.1, 0.15) is 18.2 Å². The summed E-state index contributed by atoms with van der Waals surface area (Å²) in [5.41, 5.74) is 3.24. The molecule has 3 N–H and O–H groups in total. The number of aliphatic carboxylic acids is 1. The summed E-state index contributed by atoms with van der Waals surface area (Å²) in [6.45, 7) is 0.0776. The van der Waals surface area contributed by atoms with Crippen LogP contribution in [0.4, 0.5) is 4.79 Å². The number of fused-ring (bicyclic) bond motifs is 3. The molecule has 5 rings (SSSR count). The van der Waals surface area contributed by atoms with Gasteiger partial charge in [-0.1, -0.05) is 61.4 Å². The summed E-state index contributed by atoms with van der Waals surface area (Å²) in [6.07, 6.45) is 0.709. The Balaban J connectivity index is 1.31. The smallest absolute Gasteiger partial charge is 0.408 e. The number of amides is 2. The summed E-state index contributed by atoms with van der Waals surface area (Å²) in [7, 11) is 0. The van der Waals surface area contributed by atoms with Crippen LogP contribution in [-0.2, 0) is 14.3 Å². The number of carboxylic acids is 1. The van der Waals surface area contributed by atoms with Crippen molar-refractivity contribution >= 4 is 18.0 Å². The number of aliphatic hydroxyl groups excluding tert-OH is 1. The van der Waals surface area contributed by atoms with Gasteiger partial charge in [0.25, 0.3) is 0 Å². The van der Waals surface area contributed by atoms with Crippen molar-refractivity contribution in [2.24, 2.45) is 0 Å². The molecule has 0 bridgehead atoms. The molecule has 2 aliphatic carbocycles. The number of likely N-dealkylation sites (tertiary alicyclic amines) is 1. The van der Waals surface area contributed by atoms with Crippen LogP contribution < -0.4 is 5.32 Å². The molecule has 1 aliphatic heterocycles. The van der Waals surface area contributed by atoms with E-state index >= 15 is 0 Å². The normalized spacial score (nSPS) is 22.8. The number of carbonyl (C=O) groups is 3. The Morgan fingerprint density at radius 3 is 2.18 bits per heavy atom. The number of carboxylic acid groups (broad SMARTS) is 1. The Morgan fingerprint density at radius 1 is 1.00 bits per heavy atom. The van der Waals surface area contributed by atoms with Gasteiger partial charge in [-0.3, -0.25) is 4.79 Å². The Labute approximate surface area is 197 Å². The molecule has 178 valence electrons. The van der Waals surface area contributed by atoms with Crippen molar-refractivity contribution in [3.8, 4) is 11.1 Å². The fourth-order valence-electron chi connectivity index (χ4n) is 5.75. The maximum atomic E-state index is 13.4. The number of carbonyl (C=O) groups excluding carboxylic acids is 2. The first-order chi connectivity index (χ1) is 16.4. The summed E-state index contributed by atoms with van der Waals surface area (Å²) < 4.78 is 5.65. The molecule has 2 amide bonds. The van der Waals surface area contributed by atoms with Crippen LogP contribution in [0.3, 0.4) is 0 Å². The summed E-state index contributed by atoms with van der Waals surface area (Å²) in [5, 5.41) is 22.3. The van der Waals surface area contributed by atoms with Gasteiger partial charge in [-0.05, 0) is 35.1 Å². The second-order valence-corrected chi connectivity index (χ2v) is 9.44. The topological polar surface area (TPSA) is 116 Å². The molecule has 1 saturated heterocycles. The van der Waals surface area contributed by atoms with Gasteiger partial charge in [0.05, 0.1) is 6.10 Å². The van der Waals surface area contributed by atoms with Crippen molar-refractivity contribution in [1.82, 2.24) is 10.2 Å². The first-order valence-electron chi connectivity index (χ1n) is 11.7. The maximum absolute atomic E-state index is 13.4. The Kier molecular flexibility index (Phi) is 5.77. The van der Waals surface area contributed by atoms with Gasteiger partial charge in [0.15, 0.2) is 0 Å². The van der Waals surface area contributed by atoms with Gasteiger partial charge in [-0.2, -0.15) is 0 Å². The molecule has 2 fully saturated rings. The first kappa shape index (κ1) is 22.4. The van der Waals surface area contributed by atoms with Crippen LogP contribution in [0.2, 0.25) is 0 Å². The van der Waals surface area contributed by atoms with Crippen LogP contribution in [0.25, 0.3) is 11.1 Å². The average molecular weight is 465 g/mol. The van der Waals surface area contributed by atoms with Crippen LogP contribution in [0.15, 0.2) is 48.5 Å². The maximum Gasteiger partial charge on any atom is 0.408 e. The minimum absolute atomic E-state index is 0.0118. The van der Waals surface area contributed by atoms with Crippen molar-refractivity contribution in [2.75, 3.05) is 13.2 Å². The quantitative estimate of drug-likeness (QED) is 0.627. The molecule has 3 aliphatic rings. The molecule has 2 aromatic rings. The van der Waals surface area contributed by atoms with E-state index in [1.54, 1.807) is 0 Å². The molecule has 0 spiro atoms. The van der Waals surface area contributed by atoms with E-state index in [0.717, 1.165) is 35.1 Å². The Morgan fingerprint density at radius 2 is 1.59 bits per heavy atom. The predicted octanol–water partition coefficient (Wildman–Crippen LogP) is 2.88. The zero-order valence-electron chi connectivity index (χ0n) is 18.8. The molecule has 8 nitrogen and oxygen atoms in total. The summed E-state index contributed by atoms with van der Waals surface area (Å²) in [6, 6.07) is 15.0. The van der Waals surface area contributed by atoms with Crippen LogP contribution in [0.5, 0.6) is 0 Å². The molecule has 0 radical (unpaired) electrons. The summed E-state index contributed by atoms with van der Waals surface area (Å²) in [4.78, 5) is 39.2. The van der Waals surface area contributed by atoms with Crippen molar-refractivity contribution in [2.45, 2.75) is 55.7 Å². The lowest BCUT2D eigenvalue weighted by Gasteiger charge is -2.34. The van der Waals surface area contributed by atoms with Crippen molar-refractivity contribution in [1.29, 1.82) is 0 Å². The third-order valence-electron chi connectivity index (χ3n) is 7.38. The van der Waals surface area contributed by atoms with E-state index in [-0.39, 0.29) is 25.5 Å². The monoisotopic (exact) mass is 464 g/mol. The lowest BCUT2D eigenvalue weighted by atomic mass is 9.95. The van der Waals surface area contributed by atoms with E-state index in [2.05, 4.69) is 17.4 Å². The van der Waals surface area contributed by atoms with Gasteiger partial charge in [-0.25, -0.2) is 9.59 Å². The van der Waals surface area contributed by atoms with E-state index in [1.807, 2.05) is 36.4 Å². The highest BCUT2D eigenvalue weighted by Crippen LogP contribution is 2.44. The van der Waals surface area contributed by atoms with Crippen LogP contribution in [-0.4, -0.2) is 63.9 Å². The Hall–Kier alpha value is -3.39.